The fourth-order valence-corrected chi connectivity index (χ4v) is 7.80. The number of hydrogen-bond acceptors (Lipinski definition) is 12. The molecule has 18 nitrogen and oxygen atoms in total. The van der Waals surface area contributed by atoms with E-state index in [0.29, 0.717) is 44.4 Å². The van der Waals surface area contributed by atoms with Crippen molar-refractivity contribution in [2.45, 2.75) is 0 Å². The van der Waals surface area contributed by atoms with Gasteiger partial charge in [0.05, 0.1) is 27.9 Å². The van der Waals surface area contributed by atoms with E-state index in [2.05, 4.69) is 44.6 Å². The number of hydrogen-bond donors (Lipinski definition) is 6. The molecule has 0 aliphatic rings. The van der Waals surface area contributed by atoms with Crippen LogP contribution in [-0.4, -0.2) is 76.8 Å². The maximum atomic E-state index is 14.0. The first kappa shape index (κ1) is 48.6. The number of aromatic nitrogens is 8. The summed E-state index contributed by atoms with van der Waals surface area (Å²) in [5.74, 6) is -3.72. The molecule has 0 radical (unpaired) electrons. The van der Waals surface area contributed by atoms with E-state index in [1.807, 2.05) is 24.4 Å². The summed E-state index contributed by atoms with van der Waals surface area (Å²) in [4.78, 5) is 75.3. The number of ketones is 3. The van der Waals surface area contributed by atoms with Crippen LogP contribution in [0.3, 0.4) is 0 Å². The highest BCUT2D eigenvalue weighted by molar-refractivity contribution is 7.92. The number of nitrogens with zero attached hydrogens (tertiary/aromatic N) is 5. The highest BCUT2D eigenvalue weighted by atomic mass is 32.2. The van der Waals surface area contributed by atoms with E-state index < -0.39 is 49.7 Å². The van der Waals surface area contributed by atoms with Crippen LogP contribution >= 0.6 is 0 Å². The number of nitro benzene ring substituents is 1. The fourth-order valence-electron chi connectivity index (χ4n) is 7.24. The van der Waals surface area contributed by atoms with E-state index in [9.17, 15) is 46.1 Å². The molecule has 8 aromatic heterocycles. The largest absolute Gasteiger partial charge is 0.399 e. The van der Waals surface area contributed by atoms with Crippen molar-refractivity contribution in [1.29, 1.82) is 0 Å². The molecule has 7 N–H and O–H groups in total. The Morgan fingerprint density at radius 1 is 0.556 bits per heavy atom. The van der Waals surface area contributed by atoms with Gasteiger partial charge in [-0.2, -0.15) is 0 Å². The predicted octanol–water partition coefficient (Wildman–Crippen LogP) is 9.22. The van der Waals surface area contributed by atoms with Crippen LogP contribution in [0.2, 0.25) is 0 Å². The summed E-state index contributed by atoms with van der Waals surface area (Å²) in [5.41, 5.74) is 8.56. The third-order valence-electron chi connectivity index (χ3n) is 10.6. The van der Waals surface area contributed by atoms with Crippen molar-refractivity contribution in [2.75, 3.05) is 16.7 Å². The average molecular weight is 992 g/mol. The van der Waals surface area contributed by atoms with Gasteiger partial charge in [-0.05, 0) is 97.1 Å². The summed E-state index contributed by atoms with van der Waals surface area (Å²) in [6.45, 7) is 0. The first-order chi connectivity index (χ1) is 34.6. The molecule has 72 heavy (non-hydrogen) atoms. The standard InChI is InChI=1S/C15H12FN3O3S.C14H8FN3O3.C14H10FN3O.C7H6N2/c1-23(21,22)19-9-4-5-13(16)11(7-9)14(20)12-8-18-15-10(12)3-2-6-17-15;15-12-4-3-8(18(20)21)6-10(12)13(19)11-7-17-14-9(11)2-1-5-16-14;15-12-4-3-8(16)6-10(12)13(19)11-7-18-14-9(11)2-1-5-17-14;1-2-6-3-5-9-7(6)8-4-1/h2-8,19H,1H3,(H,17,18);1-7H,(H,16,17);1-7H,16H2,(H,17,18);1-5H,(H,8,9). The van der Waals surface area contributed by atoms with Crippen molar-refractivity contribution in [3.05, 3.63) is 220 Å². The zero-order valence-corrected chi connectivity index (χ0v) is 38.0. The number of nitrogens with two attached hydrogens (primary N) is 1. The summed E-state index contributed by atoms with van der Waals surface area (Å²) in [5, 5.41) is 13.7. The lowest BCUT2D eigenvalue weighted by Crippen LogP contribution is -2.11. The number of anilines is 2. The molecule has 360 valence electrons. The number of H-pyrrole nitrogens is 4. The molecule has 0 aliphatic heterocycles. The minimum absolute atomic E-state index is 0.0373. The monoisotopic (exact) mass is 991 g/mol. The molecular weight excluding hydrogens is 956 g/mol. The predicted molar refractivity (Wildman–Crippen MR) is 263 cm³/mol. The smallest absolute Gasteiger partial charge is 0.270 e. The molecule has 22 heteroatoms. The SMILES string of the molecule is CS(=O)(=O)Nc1ccc(F)c(C(=O)c2c[nH]c3ncccc23)c1.Nc1ccc(F)c(C(=O)c2c[nH]c3ncccc23)c1.O=C(c1cc([N+](=O)[O-])ccc1F)c1c[nH]c2ncccc12.c1cnc2[nH]ccc2c1. The molecule has 0 saturated carbocycles. The lowest BCUT2D eigenvalue weighted by Gasteiger charge is -2.07. The van der Waals surface area contributed by atoms with E-state index in [1.165, 1.54) is 48.9 Å². The highest BCUT2D eigenvalue weighted by Gasteiger charge is 2.23. The lowest BCUT2D eigenvalue weighted by atomic mass is 10.0. The number of halogens is 3. The number of rotatable bonds is 9. The van der Waals surface area contributed by atoms with E-state index >= 15 is 0 Å². The van der Waals surface area contributed by atoms with Crippen molar-refractivity contribution in [1.82, 2.24) is 39.9 Å². The maximum Gasteiger partial charge on any atom is 0.270 e. The van der Waals surface area contributed by atoms with Gasteiger partial charge in [0.2, 0.25) is 10.0 Å². The molecule has 0 spiro atoms. The second kappa shape index (κ2) is 20.8. The Bertz CT molecular complexity index is 3930. The Balaban J connectivity index is 0.000000133. The molecule has 11 aromatic rings. The number of nitrogens with one attached hydrogen (secondary N) is 5. The van der Waals surface area contributed by atoms with Crippen molar-refractivity contribution in [2.24, 2.45) is 0 Å². The van der Waals surface area contributed by atoms with E-state index in [0.717, 1.165) is 41.6 Å². The van der Waals surface area contributed by atoms with Crippen LogP contribution in [0, 0.1) is 27.6 Å². The van der Waals surface area contributed by atoms with Gasteiger partial charge in [-0.1, -0.05) is 0 Å². The molecule has 0 atom stereocenters. The Hall–Kier alpha value is -9.83. The first-order valence-electron chi connectivity index (χ1n) is 21.1. The Kier molecular flexibility index (Phi) is 14.1. The molecule has 0 bridgehead atoms. The molecular formula is C50H36F3N11O7S. The molecule has 11 rings (SSSR count). The summed E-state index contributed by atoms with van der Waals surface area (Å²) >= 11 is 0. The van der Waals surface area contributed by atoms with Crippen LogP contribution < -0.4 is 10.5 Å². The van der Waals surface area contributed by atoms with Crippen LogP contribution in [0.4, 0.5) is 30.2 Å². The number of carbonyl (C=O) groups is 3. The Morgan fingerprint density at radius 2 is 0.986 bits per heavy atom. The second-order valence-electron chi connectivity index (χ2n) is 15.4. The molecule has 0 amide bonds. The summed E-state index contributed by atoms with van der Waals surface area (Å²) in [6, 6.07) is 26.4. The number of pyridine rings is 4. The number of sulfonamides is 1. The zero-order valence-electron chi connectivity index (χ0n) is 37.2. The van der Waals surface area contributed by atoms with Gasteiger partial charge in [-0.25, -0.2) is 41.5 Å². The molecule has 8 heterocycles. The van der Waals surface area contributed by atoms with Gasteiger partial charge in [0.1, 0.15) is 40.0 Å². The van der Waals surface area contributed by atoms with Gasteiger partial charge in [-0.3, -0.25) is 29.2 Å². The maximum absolute atomic E-state index is 14.0. The molecule has 0 unspecified atom stereocenters. The van der Waals surface area contributed by atoms with Gasteiger partial charge in [-0.15, -0.1) is 0 Å². The minimum Gasteiger partial charge on any atom is -0.399 e. The normalized spacial score (nSPS) is 10.9. The number of nitrogen functional groups attached to an aromatic ring is 1. The number of aromatic amines is 4. The number of non-ortho nitro benzene ring substituents is 1. The van der Waals surface area contributed by atoms with Gasteiger partial charge in [0, 0.05) is 111 Å². The van der Waals surface area contributed by atoms with E-state index in [4.69, 9.17) is 5.73 Å². The van der Waals surface area contributed by atoms with Crippen LogP contribution in [-0.2, 0) is 10.0 Å². The third-order valence-corrected chi connectivity index (χ3v) is 11.2. The van der Waals surface area contributed by atoms with Gasteiger partial charge in [0.25, 0.3) is 5.69 Å². The summed E-state index contributed by atoms with van der Waals surface area (Å²) in [6.07, 6.45) is 13.8. The molecule has 3 aromatic carbocycles. The quantitative estimate of drug-likeness (QED) is 0.0342. The van der Waals surface area contributed by atoms with Crippen LogP contribution in [0.1, 0.15) is 47.8 Å². The summed E-state index contributed by atoms with van der Waals surface area (Å²) in [7, 11) is -3.52. The fraction of sp³-hybridized carbons (Fsp3) is 0.0200. The third kappa shape index (κ3) is 10.9. The summed E-state index contributed by atoms with van der Waals surface area (Å²) < 4.78 is 66.3. The van der Waals surface area contributed by atoms with E-state index in [-0.39, 0.29) is 39.2 Å². The minimum atomic E-state index is -3.52. The second-order valence-corrected chi connectivity index (χ2v) is 17.2. The number of benzene rings is 3. The lowest BCUT2D eigenvalue weighted by molar-refractivity contribution is -0.384. The molecule has 0 saturated heterocycles. The number of fused-ring (bicyclic) bond motifs is 4. The van der Waals surface area contributed by atoms with Crippen molar-refractivity contribution < 1.29 is 40.9 Å². The first-order valence-corrected chi connectivity index (χ1v) is 23.0. The van der Waals surface area contributed by atoms with Crippen molar-refractivity contribution in [3.63, 3.8) is 0 Å². The van der Waals surface area contributed by atoms with Gasteiger partial charge >= 0.3 is 0 Å². The zero-order chi connectivity index (χ0) is 51.1. The molecule has 0 aliphatic carbocycles. The van der Waals surface area contributed by atoms with Crippen molar-refractivity contribution in [3.8, 4) is 0 Å². The van der Waals surface area contributed by atoms with E-state index in [1.54, 1.807) is 61.2 Å². The average Bonchev–Trinajstić information content (AvgIpc) is 4.21. The van der Waals surface area contributed by atoms with Crippen molar-refractivity contribution >= 4 is 88.6 Å². The van der Waals surface area contributed by atoms with Gasteiger partial charge in [0.15, 0.2) is 17.3 Å². The van der Waals surface area contributed by atoms with Gasteiger partial charge < -0.3 is 25.7 Å². The highest BCUT2D eigenvalue weighted by Crippen LogP contribution is 2.26. The Morgan fingerprint density at radius 3 is 1.46 bits per heavy atom. The topological polar surface area (TPSA) is 281 Å². The number of nitro groups is 1. The van der Waals surface area contributed by atoms with Crippen LogP contribution in [0.15, 0.2) is 159 Å². The van der Waals surface area contributed by atoms with Crippen LogP contribution in [0.5, 0.6) is 0 Å². The number of carbonyl (C=O) groups excluding carboxylic acids is 3. The van der Waals surface area contributed by atoms with Crippen LogP contribution in [0.25, 0.3) is 44.1 Å². The Labute approximate surface area is 404 Å². The molecule has 0 fully saturated rings.